The Hall–Kier alpha value is -4.08. The van der Waals surface area contributed by atoms with Crippen molar-refractivity contribution in [3.05, 3.63) is 48.2 Å². The van der Waals surface area contributed by atoms with Crippen LogP contribution in [-0.2, 0) is 4.79 Å². The quantitative estimate of drug-likeness (QED) is 0.489. The molecule has 0 atom stereocenters. The number of primary amides is 1. The summed E-state index contributed by atoms with van der Waals surface area (Å²) in [6, 6.07) is 12.0. The predicted molar refractivity (Wildman–Crippen MR) is 109 cm³/mol. The van der Waals surface area contributed by atoms with Gasteiger partial charge >= 0.3 is 0 Å². The van der Waals surface area contributed by atoms with E-state index in [-0.39, 0.29) is 18.2 Å². The Morgan fingerprint density at radius 1 is 1.07 bits per heavy atom. The first-order chi connectivity index (χ1) is 14.5. The molecule has 1 heterocycles. The topological polar surface area (TPSA) is 141 Å². The highest BCUT2D eigenvalue weighted by Gasteiger charge is 2.18. The number of amides is 2. The normalized spacial score (nSPS) is 10.3. The van der Waals surface area contributed by atoms with Gasteiger partial charge in [-0.1, -0.05) is 12.1 Å². The summed E-state index contributed by atoms with van der Waals surface area (Å²) in [5, 5.41) is 12.8. The first-order valence-electron chi connectivity index (χ1n) is 9.07. The zero-order valence-electron chi connectivity index (χ0n) is 16.5. The van der Waals surface area contributed by atoms with Crippen LogP contribution in [0.1, 0.15) is 17.4 Å². The van der Waals surface area contributed by atoms with Crippen molar-refractivity contribution < 1.29 is 23.8 Å². The molecule has 4 N–H and O–H groups in total. The third-order valence-corrected chi connectivity index (χ3v) is 4.04. The molecule has 0 unspecified atom stereocenters. The summed E-state index contributed by atoms with van der Waals surface area (Å²) in [5.41, 5.74) is 6.73. The van der Waals surface area contributed by atoms with Crippen LogP contribution in [0.25, 0.3) is 11.3 Å². The molecule has 2 amide bonds. The first kappa shape index (κ1) is 20.6. The maximum absolute atomic E-state index is 12.3. The van der Waals surface area contributed by atoms with E-state index >= 15 is 0 Å². The molecule has 0 spiro atoms. The monoisotopic (exact) mass is 411 g/mol. The highest BCUT2D eigenvalue weighted by Crippen LogP contribution is 2.33. The lowest BCUT2D eigenvalue weighted by Crippen LogP contribution is -2.20. The van der Waals surface area contributed by atoms with Crippen molar-refractivity contribution in [3.63, 3.8) is 0 Å². The third-order valence-electron chi connectivity index (χ3n) is 4.04. The zero-order chi connectivity index (χ0) is 21.5. The van der Waals surface area contributed by atoms with Crippen LogP contribution < -0.4 is 25.3 Å². The molecular weight excluding hydrogens is 390 g/mol. The molecule has 0 bridgehead atoms. The average molecular weight is 411 g/mol. The fourth-order valence-electron chi connectivity index (χ4n) is 2.72. The van der Waals surface area contributed by atoms with Gasteiger partial charge in [0, 0.05) is 5.56 Å². The number of rotatable bonds is 9. The van der Waals surface area contributed by atoms with Crippen molar-refractivity contribution in [1.82, 2.24) is 15.4 Å². The van der Waals surface area contributed by atoms with Crippen molar-refractivity contribution in [2.75, 3.05) is 25.6 Å². The lowest BCUT2D eigenvalue weighted by Gasteiger charge is -2.14. The van der Waals surface area contributed by atoms with Crippen molar-refractivity contribution in [1.29, 1.82) is 0 Å². The van der Waals surface area contributed by atoms with Gasteiger partial charge in [-0.2, -0.15) is 15.4 Å². The van der Waals surface area contributed by atoms with E-state index in [1.54, 1.807) is 42.5 Å². The molecule has 0 aliphatic carbocycles. The van der Waals surface area contributed by atoms with Gasteiger partial charge in [0.25, 0.3) is 11.8 Å². The number of hydrogen-bond acceptors (Lipinski definition) is 7. The molecule has 2 aromatic carbocycles. The van der Waals surface area contributed by atoms with Gasteiger partial charge in [-0.25, -0.2) is 0 Å². The zero-order valence-corrected chi connectivity index (χ0v) is 16.5. The molecule has 0 aliphatic rings. The van der Waals surface area contributed by atoms with Gasteiger partial charge in [0.05, 0.1) is 19.4 Å². The number of anilines is 1. The maximum Gasteiger partial charge on any atom is 0.271 e. The van der Waals surface area contributed by atoms with Crippen LogP contribution in [0.2, 0.25) is 0 Å². The number of nitrogens with zero attached hydrogens (tertiary/aromatic N) is 2. The van der Waals surface area contributed by atoms with E-state index in [9.17, 15) is 9.59 Å². The minimum absolute atomic E-state index is 0.0160. The van der Waals surface area contributed by atoms with Crippen molar-refractivity contribution in [2.45, 2.75) is 6.92 Å². The van der Waals surface area contributed by atoms with E-state index in [2.05, 4.69) is 20.7 Å². The highest BCUT2D eigenvalue weighted by atomic mass is 16.5. The molecule has 0 fully saturated rings. The molecular formula is C20H21N5O5. The summed E-state index contributed by atoms with van der Waals surface area (Å²) >= 11 is 0. The van der Waals surface area contributed by atoms with Crippen LogP contribution in [0, 0.1) is 0 Å². The molecule has 10 nitrogen and oxygen atoms in total. The second-order valence-electron chi connectivity index (χ2n) is 6.02. The van der Waals surface area contributed by atoms with E-state index in [1.807, 2.05) is 6.92 Å². The number of para-hydroxylation sites is 2. The van der Waals surface area contributed by atoms with E-state index in [0.29, 0.717) is 40.8 Å². The van der Waals surface area contributed by atoms with Crippen LogP contribution >= 0.6 is 0 Å². The summed E-state index contributed by atoms with van der Waals surface area (Å²) in [6.07, 6.45) is 0. The van der Waals surface area contributed by atoms with Gasteiger partial charge in [-0.15, -0.1) is 0 Å². The van der Waals surface area contributed by atoms with Gasteiger partial charge in [0.2, 0.25) is 0 Å². The van der Waals surface area contributed by atoms with Crippen LogP contribution in [0.3, 0.4) is 0 Å². The highest BCUT2D eigenvalue weighted by molar-refractivity contribution is 5.97. The molecule has 0 saturated carbocycles. The molecule has 1 aromatic heterocycles. The van der Waals surface area contributed by atoms with E-state index in [0.717, 1.165) is 0 Å². The molecule has 0 saturated heterocycles. The number of methoxy groups -OCH3 is 1. The van der Waals surface area contributed by atoms with Gasteiger partial charge in [0.1, 0.15) is 11.4 Å². The Kier molecular flexibility index (Phi) is 6.48. The molecule has 156 valence electrons. The molecule has 3 rings (SSSR count). The molecule has 3 aromatic rings. The SMILES string of the molecule is CCOc1cc(-c2n[nH]nc2C(N)=O)ccc1OCC(=O)Nc1ccccc1OC. The maximum atomic E-state index is 12.3. The minimum atomic E-state index is -0.704. The van der Waals surface area contributed by atoms with Gasteiger partial charge < -0.3 is 25.3 Å². The lowest BCUT2D eigenvalue weighted by molar-refractivity contribution is -0.118. The molecule has 30 heavy (non-hydrogen) atoms. The molecule has 10 heteroatoms. The van der Waals surface area contributed by atoms with Gasteiger partial charge in [-0.05, 0) is 37.3 Å². The van der Waals surface area contributed by atoms with Crippen LogP contribution in [0.4, 0.5) is 5.69 Å². The summed E-state index contributed by atoms with van der Waals surface area (Å²) in [4.78, 5) is 23.8. The number of H-pyrrole nitrogens is 1. The number of ether oxygens (including phenoxy) is 3. The standard InChI is InChI=1S/C20H21N5O5/c1-3-29-16-10-12(18-19(20(21)27)24-25-23-18)8-9-15(16)30-11-17(26)22-13-6-4-5-7-14(13)28-2/h4-10H,3,11H2,1-2H3,(H2,21,27)(H,22,26)(H,23,24,25). The fourth-order valence-corrected chi connectivity index (χ4v) is 2.72. The van der Waals surface area contributed by atoms with Crippen LogP contribution in [0.15, 0.2) is 42.5 Å². The Bertz CT molecular complexity index is 1050. The Balaban J connectivity index is 1.75. The second-order valence-corrected chi connectivity index (χ2v) is 6.02. The lowest BCUT2D eigenvalue weighted by atomic mass is 10.1. The number of aromatic nitrogens is 3. The molecule has 0 aliphatic heterocycles. The van der Waals surface area contributed by atoms with Crippen molar-refractivity contribution in [2.24, 2.45) is 5.73 Å². The summed E-state index contributed by atoms with van der Waals surface area (Å²) < 4.78 is 16.5. The number of benzene rings is 2. The van der Waals surface area contributed by atoms with E-state index in [4.69, 9.17) is 19.9 Å². The number of carbonyl (C=O) groups is 2. The minimum Gasteiger partial charge on any atom is -0.495 e. The Labute approximate surface area is 172 Å². The number of nitrogens with two attached hydrogens (primary N) is 1. The summed E-state index contributed by atoms with van der Waals surface area (Å²) in [6.45, 7) is 1.94. The van der Waals surface area contributed by atoms with Crippen molar-refractivity contribution in [3.8, 4) is 28.5 Å². The van der Waals surface area contributed by atoms with Gasteiger partial charge in [0.15, 0.2) is 23.8 Å². The first-order valence-corrected chi connectivity index (χ1v) is 9.07. The smallest absolute Gasteiger partial charge is 0.271 e. The van der Waals surface area contributed by atoms with E-state index in [1.165, 1.54) is 7.11 Å². The largest absolute Gasteiger partial charge is 0.495 e. The average Bonchev–Trinajstić information content (AvgIpc) is 3.24. The Morgan fingerprint density at radius 2 is 1.87 bits per heavy atom. The summed E-state index contributed by atoms with van der Waals surface area (Å²) in [5.74, 6) is 0.227. The van der Waals surface area contributed by atoms with Crippen LogP contribution in [0.5, 0.6) is 17.2 Å². The number of hydrogen-bond donors (Lipinski definition) is 3. The third kappa shape index (κ3) is 4.66. The second kappa shape index (κ2) is 9.41. The van der Waals surface area contributed by atoms with E-state index < -0.39 is 5.91 Å². The number of aromatic amines is 1. The predicted octanol–water partition coefficient (Wildman–Crippen LogP) is 2.00. The number of carbonyl (C=O) groups excluding carboxylic acids is 2. The Morgan fingerprint density at radius 3 is 2.60 bits per heavy atom. The van der Waals surface area contributed by atoms with Crippen LogP contribution in [-0.4, -0.2) is 47.5 Å². The number of nitrogens with one attached hydrogen (secondary N) is 2. The fraction of sp³-hybridized carbons (Fsp3) is 0.200. The summed E-state index contributed by atoms with van der Waals surface area (Å²) in [7, 11) is 1.52. The molecule has 0 radical (unpaired) electrons. The van der Waals surface area contributed by atoms with Gasteiger partial charge in [-0.3, -0.25) is 9.59 Å². The van der Waals surface area contributed by atoms with Crippen molar-refractivity contribution >= 4 is 17.5 Å².